The maximum atomic E-state index is 5.96. The van der Waals surface area contributed by atoms with Crippen LogP contribution in [0.4, 0.5) is 5.69 Å². The number of hydrogen-bond donors (Lipinski definition) is 2. The maximum absolute atomic E-state index is 5.96. The van der Waals surface area contributed by atoms with E-state index in [0.717, 1.165) is 16.9 Å². The van der Waals surface area contributed by atoms with Crippen LogP contribution in [0.5, 0.6) is 0 Å². The van der Waals surface area contributed by atoms with E-state index in [0.29, 0.717) is 16.6 Å². The largest absolute Gasteiger partial charge is 0.389 e. The van der Waals surface area contributed by atoms with Crippen molar-refractivity contribution in [2.24, 2.45) is 5.73 Å². The summed E-state index contributed by atoms with van der Waals surface area (Å²) < 4.78 is 0. The molecule has 1 heterocycles. The predicted molar refractivity (Wildman–Crippen MR) is 78.9 cm³/mol. The first kappa shape index (κ1) is 12.8. The molecule has 0 spiro atoms. The van der Waals surface area contributed by atoms with Gasteiger partial charge in [-0.05, 0) is 30.3 Å². The highest BCUT2D eigenvalue weighted by atomic mass is 35.5. The maximum Gasteiger partial charge on any atom is 0.106 e. The fourth-order valence-corrected chi connectivity index (χ4v) is 1.92. The van der Waals surface area contributed by atoms with Crippen LogP contribution < -0.4 is 11.1 Å². The Morgan fingerprint density at radius 2 is 2.17 bits per heavy atom. The summed E-state index contributed by atoms with van der Waals surface area (Å²) in [5.74, 6) is 0. The molecular formula is C13H12ClN3S. The van der Waals surface area contributed by atoms with E-state index in [9.17, 15) is 0 Å². The van der Waals surface area contributed by atoms with Crippen molar-refractivity contribution in [1.82, 2.24) is 4.98 Å². The summed E-state index contributed by atoms with van der Waals surface area (Å²) >= 11 is 11.0. The van der Waals surface area contributed by atoms with E-state index in [1.54, 1.807) is 18.3 Å². The summed E-state index contributed by atoms with van der Waals surface area (Å²) in [5, 5.41) is 3.87. The molecule has 0 amide bonds. The van der Waals surface area contributed by atoms with Crippen LogP contribution in [0, 0.1) is 0 Å². The van der Waals surface area contributed by atoms with Crippen molar-refractivity contribution >= 4 is 34.5 Å². The number of nitrogens with two attached hydrogens (primary N) is 1. The number of nitrogens with zero attached hydrogens (tertiary/aromatic N) is 1. The molecule has 0 aliphatic rings. The molecule has 2 aromatic rings. The zero-order valence-corrected chi connectivity index (χ0v) is 11.1. The van der Waals surface area contributed by atoms with Crippen molar-refractivity contribution in [3.63, 3.8) is 0 Å². The third-order valence-corrected chi connectivity index (χ3v) is 2.89. The van der Waals surface area contributed by atoms with E-state index in [4.69, 9.17) is 29.6 Å². The highest BCUT2D eigenvalue weighted by Gasteiger charge is 2.06. The zero-order valence-electron chi connectivity index (χ0n) is 9.56. The SMILES string of the molecule is NC(=S)c1ccc(Cl)cc1NCc1ccccn1. The van der Waals surface area contributed by atoms with Gasteiger partial charge in [0, 0.05) is 22.5 Å². The molecule has 0 bridgehead atoms. The number of nitrogens with one attached hydrogen (secondary N) is 1. The van der Waals surface area contributed by atoms with Gasteiger partial charge in [0.25, 0.3) is 0 Å². The van der Waals surface area contributed by atoms with Crippen LogP contribution in [-0.2, 0) is 6.54 Å². The summed E-state index contributed by atoms with van der Waals surface area (Å²) in [6.07, 6.45) is 1.75. The van der Waals surface area contributed by atoms with Gasteiger partial charge in [-0.1, -0.05) is 29.9 Å². The zero-order chi connectivity index (χ0) is 13.0. The molecule has 92 valence electrons. The molecule has 5 heteroatoms. The number of benzene rings is 1. The molecule has 18 heavy (non-hydrogen) atoms. The Morgan fingerprint density at radius 3 is 2.83 bits per heavy atom. The second-order valence-electron chi connectivity index (χ2n) is 3.73. The van der Waals surface area contributed by atoms with Gasteiger partial charge < -0.3 is 11.1 Å². The highest BCUT2D eigenvalue weighted by Crippen LogP contribution is 2.21. The third-order valence-electron chi connectivity index (χ3n) is 2.43. The fourth-order valence-electron chi connectivity index (χ4n) is 1.57. The van der Waals surface area contributed by atoms with Crippen LogP contribution in [0.1, 0.15) is 11.3 Å². The smallest absolute Gasteiger partial charge is 0.106 e. The van der Waals surface area contributed by atoms with Crippen molar-refractivity contribution in [3.8, 4) is 0 Å². The van der Waals surface area contributed by atoms with Gasteiger partial charge in [-0.25, -0.2) is 0 Å². The minimum Gasteiger partial charge on any atom is -0.389 e. The molecule has 3 N–H and O–H groups in total. The Hall–Kier alpha value is -1.65. The van der Waals surface area contributed by atoms with Gasteiger partial charge in [-0.2, -0.15) is 0 Å². The van der Waals surface area contributed by atoms with E-state index in [-0.39, 0.29) is 0 Å². The van der Waals surface area contributed by atoms with Gasteiger partial charge in [-0.3, -0.25) is 4.98 Å². The summed E-state index contributed by atoms with van der Waals surface area (Å²) in [4.78, 5) is 4.57. The molecule has 0 unspecified atom stereocenters. The van der Waals surface area contributed by atoms with Crippen molar-refractivity contribution in [2.45, 2.75) is 6.54 Å². The third kappa shape index (κ3) is 3.18. The summed E-state index contributed by atoms with van der Waals surface area (Å²) in [6, 6.07) is 11.1. The average Bonchev–Trinajstić information content (AvgIpc) is 2.37. The first-order chi connectivity index (χ1) is 8.66. The normalized spacial score (nSPS) is 10.1. The Morgan fingerprint density at radius 1 is 1.33 bits per heavy atom. The van der Waals surface area contributed by atoms with Crippen molar-refractivity contribution < 1.29 is 0 Å². The van der Waals surface area contributed by atoms with E-state index < -0.39 is 0 Å². The number of hydrogen-bond acceptors (Lipinski definition) is 3. The van der Waals surface area contributed by atoms with Crippen LogP contribution in [0.3, 0.4) is 0 Å². The summed E-state index contributed by atoms with van der Waals surface area (Å²) in [7, 11) is 0. The molecule has 0 aliphatic heterocycles. The van der Waals surface area contributed by atoms with Gasteiger partial charge >= 0.3 is 0 Å². The Kier molecular flexibility index (Phi) is 4.12. The van der Waals surface area contributed by atoms with Crippen molar-refractivity contribution in [2.75, 3.05) is 5.32 Å². The molecule has 0 saturated heterocycles. The lowest BCUT2D eigenvalue weighted by atomic mass is 10.1. The first-order valence-corrected chi connectivity index (χ1v) is 6.18. The summed E-state index contributed by atoms with van der Waals surface area (Å²) in [5.41, 5.74) is 8.21. The minimum absolute atomic E-state index is 0.343. The number of halogens is 1. The van der Waals surface area contributed by atoms with Crippen molar-refractivity contribution in [1.29, 1.82) is 0 Å². The highest BCUT2D eigenvalue weighted by molar-refractivity contribution is 7.80. The number of aromatic nitrogens is 1. The monoisotopic (exact) mass is 277 g/mol. The number of thiocarbonyl (C=S) groups is 1. The molecular weight excluding hydrogens is 266 g/mol. The lowest BCUT2D eigenvalue weighted by Gasteiger charge is -2.11. The van der Waals surface area contributed by atoms with Crippen LogP contribution >= 0.6 is 23.8 Å². The number of pyridine rings is 1. The van der Waals surface area contributed by atoms with Gasteiger partial charge in [0.15, 0.2) is 0 Å². The Labute approximate surface area is 116 Å². The number of anilines is 1. The average molecular weight is 278 g/mol. The quantitative estimate of drug-likeness (QED) is 0.844. The van der Waals surface area contributed by atoms with Crippen LogP contribution in [0.2, 0.25) is 5.02 Å². The second-order valence-corrected chi connectivity index (χ2v) is 4.61. The summed E-state index contributed by atoms with van der Waals surface area (Å²) in [6.45, 7) is 0.594. The first-order valence-electron chi connectivity index (χ1n) is 5.40. The molecule has 0 fully saturated rings. The molecule has 0 radical (unpaired) electrons. The van der Waals surface area contributed by atoms with Crippen LogP contribution in [0.25, 0.3) is 0 Å². The molecule has 1 aromatic carbocycles. The van der Waals surface area contributed by atoms with Crippen LogP contribution in [-0.4, -0.2) is 9.97 Å². The Balaban J connectivity index is 2.18. The van der Waals surface area contributed by atoms with Crippen LogP contribution in [0.15, 0.2) is 42.6 Å². The standard InChI is InChI=1S/C13H12ClN3S/c14-9-4-5-11(13(15)18)12(7-9)17-8-10-3-1-2-6-16-10/h1-7,17H,8H2,(H2,15,18). The molecule has 2 rings (SSSR count). The minimum atomic E-state index is 0.343. The molecule has 0 aliphatic carbocycles. The van der Waals surface area contributed by atoms with E-state index >= 15 is 0 Å². The van der Waals surface area contributed by atoms with Gasteiger partial charge in [-0.15, -0.1) is 0 Å². The van der Waals surface area contributed by atoms with E-state index in [1.807, 2.05) is 24.3 Å². The topological polar surface area (TPSA) is 50.9 Å². The molecule has 0 atom stereocenters. The lowest BCUT2D eigenvalue weighted by molar-refractivity contribution is 1.05. The van der Waals surface area contributed by atoms with Gasteiger partial charge in [0.1, 0.15) is 4.99 Å². The van der Waals surface area contributed by atoms with Gasteiger partial charge in [0.05, 0.1) is 12.2 Å². The second kappa shape index (κ2) is 5.80. The molecule has 1 aromatic heterocycles. The van der Waals surface area contributed by atoms with E-state index in [2.05, 4.69) is 10.3 Å². The number of rotatable bonds is 4. The predicted octanol–water partition coefficient (Wildman–Crippen LogP) is 2.98. The van der Waals surface area contributed by atoms with E-state index in [1.165, 1.54) is 0 Å². The Bertz CT molecular complexity index is 557. The van der Waals surface area contributed by atoms with Gasteiger partial charge in [0.2, 0.25) is 0 Å². The molecule has 0 saturated carbocycles. The van der Waals surface area contributed by atoms with Crippen molar-refractivity contribution in [3.05, 3.63) is 58.9 Å². The lowest BCUT2D eigenvalue weighted by Crippen LogP contribution is -2.13. The fraction of sp³-hybridized carbons (Fsp3) is 0.0769. The molecule has 3 nitrogen and oxygen atoms in total.